The van der Waals surface area contributed by atoms with Crippen LogP contribution in [-0.2, 0) is 11.2 Å². The molecule has 0 bridgehead atoms. The third-order valence-corrected chi connectivity index (χ3v) is 4.48. The van der Waals surface area contributed by atoms with Crippen molar-refractivity contribution >= 4 is 5.91 Å². The lowest BCUT2D eigenvalue weighted by Crippen LogP contribution is -2.28. The summed E-state index contributed by atoms with van der Waals surface area (Å²) in [6.07, 6.45) is 0.254. The second-order valence-electron chi connectivity index (χ2n) is 6.21. The van der Waals surface area contributed by atoms with Crippen LogP contribution >= 0.6 is 0 Å². The molecule has 0 aromatic heterocycles. The number of benzene rings is 2. The highest BCUT2D eigenvalue weighted by Crippen LogP contribution is 2.31. The second-order valence-corrected chi connectivity index (χ2v) is 6.21. The van der Waals surface area contributed by atoms with Crippen molar-refractivity contribution in [3.63, 3.8) is 0 Å². The number of rotatable bonds is 8. The largest absolute Gasteiger partial charge is 0.493 e. The maximum absolute atomic E-state index is 12.5. The number of amides is 1. The Morgan fingerprint density at radius 1 is 0.889 bits per heavy atom. The first-order chi connectivity index (χ1) is 12.9. The van der Waals surface area contributed by atoms with Gasteiger partial charge in [-0.3, -0.25) is 4.79 Å². The van der Waals surface area contributed by atoms with Crippen LogP contribution in [0.3, 0.4) is 0 Å². The fourth-order valence-electron chi connectivity index (χ4n) is 2.88. The van der Waals surface area contributed by atoms with Crippen LogP contribution in [0.5, 0.6) is 23.0 Å². The summed E-state index contributed by atoms with van der Waals surface area (Å²) in [4.78, 5) is 12.5. The standard InChI is InChI=1S/C21H27NO5/c1-13-9-18(25-4)20(27-6)11-16(13)12-21(23)22-14(2)15-7-8-17(24-3)19(10-15)26-5/h7-11,14H,12H2,1-6H3,(H,22,23). The van der Waals surface area contributed by atoms with E-state index in [9.17, 15) is 4.79 Å². The Balaban J connectivity index is 2.11. The molecule has 0 aliphatic heterocycles. The van der Waals surface area contributed by atoms with Gasteiger partial charge < -0.3 is 24.3 Å². The quantitative estimate of drug-likeness (QED) is 0.768. The molecule has 2 rings (SSSR count). The molecule has 1 N–H and O–H groups in total. The molecule has 2 aromatic carbocycles. The molecule has 1 atom stereocenters. The van der Waals surface area contributed by atoms with E-state index in [4.69, 9.17) is 18.9 Å². The van der Waals surface area contributed by atoms with Crippen LogP contribution in [0.1, 0.15) is 29.7 Å². The Morgan fingerprint density at radius 3 is 2.04 bits per heavy atom. The summed E-state index contributed by atoms with van der Waals surface area (Å²) in [6, 6.07) is 9.15. The first-order valence-electron chi connectivity index (χ1n) is 8.66. The Kier molecular flexibility index (Phi) is 6.93. The maximum Gasteiger partial charge on any atom is 0.224 e. The van der Waals surface area contributed by atoms with Crippen LogP contribution in [0.2, 0.25) is 0 Å². The van der Waals surface area contributed by atoms with Gasteiger partial charge in [0.1, 0.15) is 0 Å². The zero-order valence-corrected chi connectivity index (χ0v) is 16.7. The van der Waals surface area contributed by atoms with E-state index in [1.807, 2.05) is 44.2 Å². The fourth-order valence-corrected chi connectivity index (χ4v) is 2.88. The van der Waals surface area contributed by atoms with Gasteiger partial charge in [0.2, 0.25) is 5.91 Å². The number of carbonyl (C=O) groups is 1. The molecule has 146 valence electrons. The van der Waals surface area contributed by atoms with Gasteiger partial charge in [-0.05, 0) is 54.8 Å². The predicted molar refractivity (Wildman–Crippen MR) is 104 cm³/mol. The molecule has 27 heavy (non-hydrogen) atoms. The molecule has 1 unspecified atom stereocenters. The van der Waals surface area contributed by atoms with Gasteiger partial charge in [-0.25, -0.2) is 0 Å². The van der Waals surface area contributed by atoms with E-state index in [1.54, 1.807) is 28.4 Å². The van der Waals surface area contributed by atoms with Crippen molar-refractivity contribution in [2.75, 3.05) is 28.4 Å². The molecule has 0 spiro atoms. The summed E-state index contributed by atoms with van der Waals surface area (Å²) >= 11 is 0. The van der Waals surface area contributed by atoms with Crippen LogP contribution in [0.25, 0.3) is 0 Å². The predicted octanol–water partition coefficient (Wildman–Crippen LogP) is 3.45. The van der Waals surface area contributed by atoms with Crippen LogP contribution < -0.4 is 24.3 Å². The number of aryl methyl sites for hydroxylation is 1. The van der Waals surface area contributed by atoms with Crippen LogP contribution in [-0.4, -0.2) is 34.3 Å². The minimum atomic E-state index is -0.169. The Morgan fingerprint density at radius 2 is 1.44 bits per heavy atom. The zero-order chi connectivity index (χ0) is 20.0. The van der Waals surface area contributed by atoms with Gasteiger partial charge in [-0.2, -0.15) is 0 Å². The molecular formula is C21H27NO5. The van der Waals surface area contributed by atoms with Gasteiger partial charge >= 0.3 is 0 Å². The molecule has 0 saturated heterocycles. The molecule has 0 fully saturated rings. The van der Waals surface area contributed by atoms with Crippen LogP contribution in [0.15, 0.2) is 30.3 Å². The average molecular weight is 373 g/mol. The zero-order valence-electron chi connectivity index (χ0n) is 16.7. The molecule has 6 heteroatoms. The summed E-state index contributed by atoms with van der Waals surface area (Å²) in [6.45, 7) is 3.88. The average Bonchev–Trinajstić information content (AvgIpc) is 2.68. The van der Waals surface area contributed by atoms with E-state index in [1.165, 1.54) is 0 Å². The van der Waals surface area contributed by atoms with Crippen molar-refractivity contribution in [1.82, 2.24) is 5.32 Å². The lowest BCUT2D eigenvalue weighted by atomic mass is 10.0. The van der Waals surface area contributed by atoms with Gasteiger partial charge in [0.05, 0.1) is 40.9 Å². The van der Waals surface area contributed by atoms with Crippen molar-refractivity contribution in [2.45, 2.75) is 26.3 Å². The van der Waals surface area contributed by atoms with Crippen molar-refractivity contribution < 1.29 is 23.7 Å². The Labute approximate surface area is 160 Å². The van der Waals surface area contributed by atoms with E-state index in [0.717, 1.165) is 16.7 Å². The van der Waals surface area contributed by atoms with Crippen molar-refractivity contribution in [2.24, 2.45) is 0 Å². The van der Waals surface area contributed by atoms with E-state index in [-0.39, 0.29) is 18.4 Å². The monoisotopic (exact) mass is 373 g/mol. The van der Waals surface area contributed by atoms with Gasteiger partial charge in [0, 0.05) is 0 Å². The van der Waals surface area contributed by atoms with Crippen molar-refractivity contribution in [1.29, 1.82) is 0 Å². The third-order valence-electron chi connectivity index (χ3n) is 4.48. The minimum Gasteiger partial charge on any atom is -0.493 e. The van der Waals surface area contributed by atoms with Crippen LogP contribution in [0.4, 0.5) is 0 Å². The Hall–Kier alpha value is -2.89. The van der Waals surface area contributed by atoms with Crippen molar-refractivity contribution in [3.05, 3.63) is 47.0 Å². The van der Waals surface area contributed by atoms with E-state index in [0.29, 0.717) is 23.0 Å². The first-order valence-corrected chi connectivity index (χ1v) is 8.66. The number of hydrogen-bond donors (Lipinski definition) is 1. The molecule has 1 amide bonds. The normalized spacial score (nSPS) is 11.5. The number of hydrogen-bond acceptors (Lipinski definition) is 5. The van der Waals surface area contributed by atoms with Gasteiger partial charge in [-0.1, -0.05) is 6.07 Å². The molecule has 0 aliphatic rings. The minimum absolute atomic E-state index is 0.0763. The third kappa shape index (κ3) is 4.84. The highest BCUT2D eigenvalue weighted by Gasteiger charge is 2.15. The summed E-state index contributed by atoms with van der Waals surface area (Å²) in [7, 11) is 6.35. The van der Waals surface area contributed by atoms with E-state index < -0.39 is 0 Å². The molecule has 6 nitrogen and oxygen atoms in total. The molecule has 0 radical (unpaired) electrons. The first kappa shape index (κ1) is 20.4. The maximum atomic E-state index is 12.5. The van der Waals surface area contributed by atoms with E-state index >= 15 is 0 Å². The Bertz CT molecular complexity index is 803. The number of carbonyl (C=O) groups excluding carboxylic acids is 1. The summed E-state index contributed by atoms with van der Waals surface area (Å²) in [5.74, 6) is 2.47. The molecule has 2 aromatic rings. The highest BCUT2D eigenvalue weighted by molar-refractivity contribution is 5.79. The smallest absolute Gasteiger partial charge is 0.224 e. The van der Waals surface area contributed by atoms with Gasteiger partial charge in [0.25, 0.3) is 0 Å². The molecule has 0 heterocycles. The summed E-state index contributed by atoms with van der Waals surface area (Å²) in [5.41, 5.74) is 2.80. The lowest BCUT2D eigenvalue weighted by Gasteiger charge is -2.17. The molecule has 0 saturated carbocycles. The van der Waals surface area contributed by atoms with Crippen molar-refractivity contribution in [3.8, 4) is 23.0 Å². The fraction of sp³-hybridized carbons (Fsp3) is 0.381. The van der Waals surface area contributed by atoms with Gasteiger partial charge in [-0.15, -0.1) is 0 Å². The summed E-state index contributed by atoms with van der Waals surface area (Å²) in [5, 5.41) is 3.02. The molecule has 0 aliphatic carbocycles. The lowest BCUT2D eigenvalue weighted by molar-refractivity contribution is -0.121. The topological polar surface area (TPSA) is 66.0 Å². The summed E-state index contributed by atoms with van der Waals surface area (Å²) < 4.78 is 21.2. The second kappa shape index (κ2) is 9.16. The highest BCUT2D eigenvalue weighted by atomic mass is 16.5. The van der Waals surface area contributed by atoms with Gasteiger partial charge in [0.15, 0.2) is 23.0 Å². The van der Waals surface area contributed by atoms with Crippen LogP contribution in [0, 0.1) is 6.92 Å². The number of ether oxygens (including phenoxy) is 4. The molecular weight excluding hydrogens is 346 g/mol. The number of methoxy groups -OCH3 is 4. The number of nitrogens with one attached hydrogen (secondary N) is 1. The van der Waals surface area contributed by atoms with E-state index in [2.05, 4.69) is 5.32 Å². The SMILES string of the molecule is COc1ccc(C(C)NC(=O)Cc2cc(OC)c(OC)cc2C)cc1OC.